The van der Waals surface area contributed by atoms with E-state index in [1.165, 1.54) is 11.8 Å². The Balaban J connectivity index is 3.37. The highest BCUT2D eigenvalue weighted by Crippen LogP contribution is 1.94. The van der Waals surface area contributed by atoms with E-state index in [9.17, 15) is 9.59 Å². The lowest BCUT2D eigenvalue weighted by molar-refractivity contribution is -0.117. The van der Waals surface area contributed by atoms with E-state index in [4.69, 9.17) is 18.0 Å². The van der Waals surface area contributed by atoms with Gasteiger partial charge in [0.15, 0.2) is 0 Å². The van der Waals surface area contributed by atoms with Crippen molar-refractivity contribution in [2.45, 2.75) is 0 Å². The van der Waals surface area contributed by atoms with E-state index in [2.05, 4.69) is 11.2 Å². The predicted octanol–water partition coefficient (Wildman–Crippen LogP) is 0.417. The first-order valence-electron chi connectivity index (χ1n) is 3.85. The zero-order chi connectivity index (χ0) is 10.8. The Morgan fingerprint density at radius 3 is 2.79 bits per heavy atom. The van der Waals surface area contributed by atoms with Crippen LogP contribution in [0, 0.1) is 12.3 Å². The summed E-state index contributed by atoms with van der Waals surface area (Å²) in [6.45, 7) is 0.466. The van der Waals surface area contributed by atoms with Crippen LogP contribution < -0.4 is 10.6 Å². The van der Waals surface area contributed by atoms with E-state index in [-0.39, 0.29) is 5.88 Å². The maximum Gasteiger partial charge on any atom is 0.321 e. The summed E-state index contributed by atoms with van der Waals surface area (Å²) in [4.78, 5) is 21.5. The van der Waals surface area contributed by atoms with Gasteiger partial charge in [-0.3, -0.25) is 10.1 Å². The quantitative estimate of drug-likeness (QED) is 0.412. The van der Waals surface area contributed by atoms with Crippen molar-refractivity contribution in [3.8, 4) is 12.3 Å². The number of hydrogen-bond acceptors (Lipinski definition) is 3. The minimum atomic E-state index is -0.531. The average molecular weight is 235 g/mol. The molecule has 14 heavy (non-hydrogen) atoms. The fourth-order valence-corrected chi connectivity index (χ4v) is 1.15. The molecule has 0 radical (unpaired) electrons. The van der Waals surface area contributed by atoms with Gasteiger partial charge in [0.25, 0.3) is 0 Å². The highest BCUT2D eigenvalue weighted by atomic mass is 35.5. The first-order chi connectivity index (χ1) is 6.70. The third kappa shape index (κ3) is 7.77. The molecule has 78 valence electrons. The lowest BCUT2D eigenvalue weighted by atomic mass is 10.6. The minimum absolute atomic E-state index is 0.223. The predicted molar refractivity (Wildman–Crippen MR) is 58.4 cm³/mol. The number of rotatable bonds is 5. The number of urea groups is 1. The van der Waals surface area contributed by atoms with Gasteiger partial charge in [0, 0.05) is 12.3 Å². The monoisotopic (exact) mass is 234 g/mol. The van der Waals surface area contributed by atoms with Crippen LogP contribution in [0.1, 0.15) is 0 Å². The van der Waals surface area contributed by atoms with E-state index in [1.807, 2.05) is 5.32 Å². The molecule has 6 heteroatoms. The molecule has 2 N–H and O–H groups in total. The molecule has 4 nitrogen and oxygen atoms in total. The highest BCUT2D eigenvalue weighted by Gasteiger charge is 2.04. The zero-order valence-corrected chi connectivity index (χ0v) is 9.08. The maximum absolute atomic E-state index is 10.9. The van der Waals surface area contributed by atoms with Crippen LogP contribution in [0.3, 0.4) is 0 Å². The second-order valence-corrected chi connectivity index (χ2v) is 3.57. The molecular formula is C8H11ClN2O2S. The van der Waals surface area contributed by atoms with Crippen LogP contribution in [0.15, 0.2) is 0 Å². The number of carbonyl (C=O) groups excluding carboxylic acids is 2. The van der Waals surface area contributed by atoms with Gasteiger partial charge >= 0.3 is 6.03 Å². The van der Waals surface area contributed by atoms with Crippen molar-refractivity contribution in [2.75, 3.05) is 23.9 Å². The summed E-state index contributed by atoms with van der Waals surface area (Å²) < 4.78 is 0. The molecule has 0 aromatic rings. The van der Waals surface area contributed by atoms with Gasteiger partial charge < -0.3 is 5.32 Å². The molecule has 3 amide bonds. The van der Waals surface area contributed by atoms with Gasteiger partial charge in [-0.05, 0) is 0 Å². The molecule has 0 atom stereocenters. The van der Waals surface area contributed by atoms with Crippen LogP contribution in [-0.4, -0.2) is 35.9 Å². The summed E-state index contributed by atoms with van der Waals surface area (Å²) in [7, 11) is 0. The van der Waals surface area contributed by atoms with Crippen molar-refractivity contribution in [2.24, 2.45) is 0 Å². The topological polar surface area (TPSA) is 58.2 Å². The van der Waals surface area contributed by atoms with Crippen molar-refractivity contribution < 1.29 is 9.59 Å². The Hall–Kier alpha value is -0.860. The van der Waals surface area contributed by atoms with Gasteiger partial charge in [0.05, 0.1) is 5.75 Å². The molecule has 0 aliphatic rings. The average Bonchev–Trinajstić information content (AvgIpc) is 2.17. The fourth-order valence-electron chi connectivity index (χ4n) is 0.572. The SMILES string of the molecule is C#CCSCCNC(=O)NC(=O)CCl. The summed E-state index contributed by atoms with van der Waals surface area (Å²) in [6, 6.07) is -0.531. The van der Waals surface area contributed by atoms with E-state index in [0.717, 1.165) is 0 Å². The first kappa shape index (κ1) is 13.1. The van der Waals surface area contributed by atoms with Gasteiger partial charge in [0.2, 0.25) is 5.91 Å². The standard InChI is InChI=1S/C8H11ClN2O2S/c1-2-4-14-5-3-10-8(13)11-7(12)6-9/h1H,3-6H2,(H2,10,11,12,13). The van der Waals surface area contributed by atoms with E-state index < -0.39 is 11.9 Å². The molecule has 0 aromatic carbocycles. The smallest absolute Gasteiger partial charge is 0.321 e. The molecule has 0 aliphatic carbocycles. The summed E-state index contributed by atoms with van der Waals surface area (Å²) in [5.74, 6) is 3.05. The number of amides is 3. The molecule has 0 aromatic heterocycles. The molecule has 0 saturated carbocycles. The normalized spacial score (nSPS) is 8.86. The molecular weight excluding hydrogens is 224 g/mol. The number of alkyl halides is 1. The van der Waals surface area contributed by atoms with Crippen LogP contribution in [-0.2, 0) is 4.79 Å². The Morgan fingerprint density at radius 2 is 2.21 bits per heavy atom. The van der Waals surface area contributed by atoms with Crippen LogP contribution in [0.25, 0.3) is 0 Å². The van der Waals surface area contributed by atoms with E-state index in [1.54, 1.807) is 0 Å². The van der Waals surface area contributed by atoms with Crippen molar-refractivity contribution in [3.05, 3.63) is 0 Å². The van der Waals surface area contributed by atoms with Crippen molar-refractivity contribution >= 4 is 35.3 Å². The number of nitrogens with one attached hydrogen (secondary N) is 2. The molecule has 0 heterocycles. The number of terminal acetylenes is 1. The molecule has 0 rings (SSSR count). The molecule has 0 fully saturated rings. The van der Waals surface area contributed by atoms with Gasteiger partial charge in [-0.25, -0.2) is 4.79 Å². The lowest BCUT2D eigenvalue weighted by Crippen LogP contribution is -2.40. The molecule has 0 saturated heterocycles. The van der Waals surface area contributed by atoms with E-state index in [0.29, 0.717) is 18.1 Å². The number of thioether (sulfide) groups is 1. The first-order valence-corrected chi connectivity index (χ1v) is 5.54. The van der Waals surface area contributed by atoms with Crippen molar-refractivity contribution in [3.63, 3.8) is 0 Å². The highest BCUT2D eigenvalue weighted by molar-refractivity contribution is 7.99. The fraction of sp³-hybridized carbons (Fsp3) is 0.500. The molecule has 0 bridgehead atoms. The maximum atomic E-state index is 10.9. The lowest BCUT2D eigenvalue weighted by Gasteiger charge is -2.03. The minimum Gasteiger partial charge on any atom is -0.337 e. The van der Waals surface area contributed by atoms with Crippen LogP contribution >= 0.6 is 23.4 Å². The van der Waals surface area contributed by atoms with E-state index >= 15 is 0 Å². The molecule has 0 unspecified atom stereocenters. The summed E-state index contributed by atoms with van der Waals surface area (Å²) in [5.41, 5.74) is 0. The van der Waals surface area contributed by atoms with Crippen LogP contribution in [0.4, 0.5) is 4.79 Å². The van der Waals surface area contributed by atoms with Crippen molar-refractivity contribution in [1.29, 1.82) is 0 Å². The summed E-state index contributed by atoms with van der Waals surface area (Å²) in [5, 5.41) is 4.54. The Bertz CT molecular complexity index is 240. The van der Waals surface area contributed by atoms with Gasteiger partial charge in [-0.15, -0.1) is 29.8 Å². The third-order valence-corrected chi connectivity index (χ3v) is 2.20. The number of halogens is 1. The second-order valence-electron chi connectivity index (χ2n) is 2.19. The third-order valence-electron chi connectivity index (χ3n) is 1.09. The number of hydrogen-bond donors (Lipinski definition) is 2. The Labute approximate surface area is 92.1 Å². The van der Waals surface area contributed by atoms with Gasteiger partial charge in [0.1, 0.15) is 5.88 Å². The largest absolute Gasteiger partial charge is 0.337 e. The Morgan fingerprint density at radius 1 is 1.50 bits per heavy atom. The summed E-state index contributed by atoms with van der Waals surface area (Å²) >= 11 is 6.71. The zero-order valence-electron chi connectivity index (χ0n) is 7.51. The molecule has 0 aliphatic heterocycles. The molecule has 0 spiro atoms. The van der Waals surface area contributed by atoms with Crippen molar-refractivity contribution in [1.82, 2.24) is 10.6 Å². The van der Waals surface area contributed by atoms with Gasteiger partial charge in [-0.2, -0.15) is 0 Å². The number of carbonyl (C=O) groups is 2. The van der Waals surface area contributed by atoms with Crippen LogP contribution in [0.2, 0.25) is 0 Å². The van der Waals surface area contributed by atoms with Gasteiger partial charge in [-0.1, -0.05) is 5.92 Å². The number of imide groups is 1. The van der Waals surface area contributed by atoms with Crippen LogP contribution in [0.5, 0.6) is 0 Å². The Kier molecular flexibility index (Phi) is 8.19. The summed E-state index contributed by atoms with van der Waals surface area (Å²) in [6.07, 6.45) is 5.02. The second kappa shape index (κ2) is 8.73.